The summed E-state index contributed by atoms with van der Waals surface area (Å²) in [5, 5.41) is 12.7. The molecule has 0 radical (unpaired) electrons. The van der Waals surface area contributed by atoms with E-state index >= 15 is 0 Å². The van der Waals surface area contributed by atoms with E-state index in [-0.39, 0.29) is 6.09 Å². The Bertz CT molecular complexity index is 581. The molecule has 1 aromatic rings. The van der Waals surface area contributed by atoms with Crippen LogP contribution in [-0.4, -0.2) is 48.8 Å². The van der Waals surface area contributed by atoms with Crippen LogP contribution < -0.4 is 16.0 Å². The van der Waals surface area contributed by atoms with Crippen LogP contribution in [0.1, 0.15) is 57.7 Å². The zero-order valence-electron chi connectivity index (χ0n) is 17.4. The summed E-state index contributed by atoms with van der Waals surface area (Å²) in [6.07, 6.45) is 3.60. The quantitative estimate of drug-likeness (QED) is 0.320. The highest BCUT2D eigenvalue weighted by Crippen LogP contribution is 2.11. The van der Waals surface area contributed by atoms with E-state index in [9.17, 15) is 4.79 Å². The molecule has 0 bridgehead atoms. The zero-order chi connectivity index (χ0) is 20.1. The summed E-state index contributed by atoms with van der Waals surface area (Å²) >= 11 is 1.74. The van der Waals surface area contributed by atoms with E-state index in [1.807, 2.05) is 34.6 Å². The number of unbranched alkanes of at least 4 members (excludes halogenated alkanes) is 1. The van der Waals surface area contributed by atoms with E-state index < -0.39 is 5.60 Å². The highest BCUT2D eigenvalue weighted by Gasteiger charge is 2.15. The van der Waals surface area contributed by atoms with Crippen molar-refractivity contribution >= 4 is 23.4 Å². The molecule has 27 heavy (non-hydrogen) atoms. The van der Waals surface area contributed by atoms with Crippen molar-refractivity contribution in [3.8, 4) is 0 Å². The lowest BCUT2D eigenvalue weighted by Crippen LogP contribution is -2.38. The minimum atomic E-state index is -0.469. The van der Waals surface area contributed by atoms with Crippen molar-refractivity contribution in [3.05, 3.63) is 16.1 Å². The molecule has 1 rings (SSSR count). The molecule has 1 heterocycles. The van der Waals surface area contributed by atoms with Gasteiger partial charge in [-0.15, -0.1) is 11.3 Å². The number of aromatic nitrogens is 1. The van der Waals surface area contributed by atoms with Crippen molar-refractivity contribution in [2.45, 2.75) is 65.9 Å². The number of hydrogen-bond acceptors (Lipinski definition) is 5. The Hall–Kier alpha value is -1.83. The Balaban J connectivity index is 2.16. The van der Waals surface area contributed by atoms with Gasteiger partial charge < -0.3 is 20.7 Å². The molecular formula is C19H35N5O2S. The minimum Gasteiger partial charge on any atom is -0.444 e. The predicted molar refractivity (Wildman–Crippen MR) is 113 cm³/mol. The van der Waals surface area contributed by atoms with Gasteiger partial charge in [0, 0.05) is 37.3 Å². The van der Waals surface area contributed by atoms with Gasteiger partial charge in [0.25, 0.3) is 0 Å². The molecule has 1 amide bonds. The number of amides is 1. The molecule has 3 N–H and O–H groups in total. The van der Waals surface area contributed by atoms with Crippen LogP contribution in [-0.2, 0) is 11.2 Å². The Kier molecular flexibility index (Phi) is 10.8. The molecule has 8 heteroatoms. The van der Waals surface area contributed by atoms with Crippen molar-refractivity contribution in [2.24, 2.45) is 4.99 Å². The van der Waals surface area contributed by atoms with E-state index in [2.05, 4.69) is 31.3 Å². The number of carbonyl (C=O) groups is 1. The Morgan fingerprint density at radius 2 is 1.93 bits per heavy atom. The SMILES string of the molecule is CCNC(=NCCCNC(=O)OC(C)(C)C)NCCCCc1nc(C)cs1. The van der Waals surface area contributed by atoms with Crippen molar-refractivity contribution < 1.29 is 9.53 Å². The Labute approximate surface area is 167 Å². The number of ether oxygens (including phenoxy) is 1. The number of nitrogens with one attached hydrogen (secondary N) is 3. The number of nitrogens with zero attached hydrogens (tertiary/aromatic N) is 2. The highest BCUT2D eigenvalue weighted by molar-refractivity contribution is 7.09. The molecule has 7 nitrogen and oxygen atoms in total. The van der Waals surface area contributed by atoms with Crippen LogP contribution >= 0.6 is 11.3 Å². The fourth-order valence-corrected chi connectivity index (χ4v) is 3.06. The zero-order valence-corrected chi connectivity index (χ0v) is 18.2. The van der Waals surface area contributed by atoms with Gasteiger partial charge in [-0.1, -0.05) is 0 Å². The maximum atomic E-state index is 11.6. The first kappa shape index (κ1) is 23.2. The topological polar surface area (TPSA) is 87.6 Å². The van der Waals surface area contributed by atoms with Crippen molar-refractivity contribution in [2.75, 3.05) is 26.2 Å². The van der Waals surface area contributed by atoms with Crippen LogP contribution in [0.3, 0.4) is 0 Å². The van der Waals surface area contributed by atoms with Gasteiger partial charge in [-0.3, -0.25) is 4.99 Å². The largest absolute Gasteiger partial charge is 0.444 e. The van der Waals surface area contributed by atoms with Crippen LogP contribution in [0.5, 0.6) is 0 Å². The van der Waals surface area contributed by atoms with Crippen LogP contribution in [0.15, 0.2) is 10.4 Å². The standard InChI is InChI=1S/C19H35N5O2S/c1-6-20-17(21-11-8-7-10-16-24-15(2)14-27-16)22-12-9-13-23-18(25)26-19(3,4)5/h14H,6-13H2,1-5H3,(H,23,25)(H2,20,21,22). The average molecular weight is 398 g/mol. The third-order valence-electron chi connectivity index (χ3n) is 3.39. The van der Waals surface area contributed by atoms with Crippen LogP contribution in [0, 0.1) is 6.92 Å². The minimum absolute atomic E-state index is 0.382. The summed E-state index contributed by atoms with van der Waals surface area (Å²) in [5.74, 6) is 0.819. The van der Waals surface area contributed by atoms with Crippen LogP contribution in [0.4, 0.5) is 4.79 Å². The lowest BCUT2D eigenvalue weighted by atomic mass is 10.2. The van der Waals surface area contributed by atoms with Gasteiger partial charge in [-0.2, -0.15) is 0 Å². The molecule has 0 fully saturated rings. The monoisotopic (exact) mass is 397 g/mol. The molecule has 1 aromatic heterocycles. The molecule has 0 aromatic carbocycles. The number of rotatable bonds is 10. The molecule has 0 saturated heterocycles. The average Bonchev–Trinajstić information content (AvgIpc) is 2.97. The first-order chi connectivity index (χ1) is 12.8. The van der Waals surface area contributed by atoms with Gasteiger partial charge in [0.05, 0.1) is 5.01 Å². The molecular weight excluding hydrogens is 362 g/mol. The summed E-state index contributed by atoms with van der Waals surface area (Å²) in [7, 11) is 0. The van der Waals surface area contributed by atoms with Crippen molar-refractivity contribution in [1.82, 2.24) is 20.9 Å². The Morgan fingerprint density at radius 3 is 2.56 bits per heavy atom. The van der Waals surface area contributed by atoms with E-state index in [1.54, 1.807) is 11.3 Å². The third-order valence-corrected chi connectivity index (χ3v) is 4.42. The fourth-order valence-electron chi connectivity index (χ4n) is 2.24. The maximum absolute atomic E-state index is 11.6. The van der Waals surface area contributed by atoms with Gasteiger partial charge in [-0.05, 0) is 60.3 Å². The lowest BCUT2D eigenvalue weighted by molar-refractivity contribution is 0.0527. The van der Waals surface area contributed by atoms with Gasteiger partial charge in [-0.25, -0.2) is 9.78 Å². The van der Waals surface area contributed by atoms with Gasteiger partial charge in [0.15, 0.2) is 5.96 Å². The van der Waals surface area contributed by atoms with Gasteiger partial charge in [0.2, 0.25) is 0 Å². The molecule has 0 aliphatic rings. The first-order valence-corrected chi connectivity index (χ1v) is 10.6. The number of hydrogen-bond donors (Lipinski definition) is 3. The normalized spacial score (nSPS) is 12.0. The molecule has 0 spiro atoms. The highest BCUT2D eigenvalue weighted by atomic mass is 32.1. The summed E-state index contributed by atoms with van der Waals surface area (Å²) < 4.78 is 5.20. The second-order valence-corrected chi connectivity index (χ2v) is 8.25. The van der Waals surface area contributed by atoms with Gasteiger partial charge >= 0.3 is 6.09 Å². The fraction of sp³-hybridized carbons (Fsp3) is 0.737. The summed E-state index contributed by atoms with van der Waals surface area (Å²) in [6.45, 7) is 12.5. The van der Waals surface area contributed by atoms with E-state index in [1.165, 1.54) is 5.01 Å². The van der Waals surface area contributed by atoms with Crippen LogP contribution in [0.2, 0.25) is 0 Å². The molecule has 154 valence electrons. The third kappa shape index (κ3) is 12.2. The van der Waals surface area contributed by atoms with Crippen molar-refractivity contribution in [3.63, 3.8) is 0 Å². The molecule has 0 aliphatic carbocycles. The summed E-state index contributed by atoms with van der Waals surface area (Å²) in [6, 6.07) is 0. The van der Waals surface area contributed by atoms with Gasteiger partial charge in [0.1, 0.15) is 5.60 Å². The molecule has 0 atom stereocenters. The van der Waals surface area contributed by atoms with E-state index in [0.717, 1.165) is 50.4 Å². The summed E-state index contributed by atoms with van der Waals surface area (Å²) in [4.78, 5) is 20.6. The first-order valence-electron chi connectivity index (χ1n) is 9.70. The summed E-state index contributed by atoms with van der Waals surface area (Å²) in [5.41, 5.74) is 0.638. The van der Waals surface area contributed by atoms with Crippen LogP contribution in [0.25, 0.3) is 0 Å². The molecule has 0 saturated carbocycles. The predicted octanol–water partition coefficient (Wildman–Crippen LogP) is 3.24. The van der Waals surface area contributed by atoms with E-state index in [4.69, 9.17) is 4.74 Å². The number of alkyl carbamates (subject to hydrolysis) is 1. The maximum Gasteiger partial charge on any atom is 0.407 e. The smallest absolute Gasteiger partial charge is 0.407 e. The Morgan fingerprint density at radius 1 is 1.19 bits per heavy atom. The van der Waals surface area contributed by atoms with E-state index in [0.29, 0.717) is 13.1 Å². The van der Waals surface area contributed by atoms with Crippen molar-refractivity contribution in [1.29, 1.82) is 0 Å². The lowest BCUT2D eigenvalue weighted by Gasteiger charge is -2.19. The number of thiazole rings is 1. The number of aryl methyl sites for hydroxylation is 2. The molecule has 0 unspecified atom stereocenters. The number of aliphatic imine (C=N–C) groups is 1. The number of guanidine groups is 1. The molecule has 0 aliphatic heterocycles. The second-order valence-electron chi connectivity index (χ2n) is 7.31. The number of carbonyl (C=O) groups excluding carboxylic acids is 1. The second kappa shape index (κ2) is 12.5.